The molecule has 12 heteroatoms. The number of benzene rings is 2. The van der Waals surface area contributed by atoms with Crippen LogP contribution in [0.15, 0.2) is 63.9 Å². The number of rotatable bonds is 10. The maximum atomic E-state index is 13.3. The minimum atomic E-state index is -2.96. The van der Waals surface area contributed by atoms with Gasteiger partial charge in [-0.25, -0.2) is 4.79 Å². The van der Waals surface area contributed by atoms with Crippen molar-refractivity contribution in [2.45, 2.75) is 32.2 Å². The number of hydrogen-bond donors (Lipinski definition) is 1. The number of aromatic carboxylic acids is 1. The summed E-state index contributed by atoms with van der Waals surface area (Å²) in [4.78, 5) is 37.6. The van der Waals surface area contributed by atoms with Crippen molar-refractivity contribution in [3.63, 3.8) is 0 Å². The molecule has 0 fully saturated rings. The minimum Gasteiger partial charge on any atom is -0.495 e. The molecular formula is C27H22ClF2N3O6. The zero-order valence-electron chi connectivity index (χ0n) is 20.7. The van der Waals surface area contributed by atoms with Crippen molar-refractivity contribution in [1.82, 2.24) is 14.8 Å². The molecule has 2 aromatic heterocycles. The fraction of sp³-hybridized carbons (Fsp3) is 0.222. The van der Waals surface area contributed by atoms with Crippen LogP contribution in [-0.2, 0) is 11.2 Å². The standard InChI is InChI=1S/C27H22ClF2N3O6/c1-3-20(21(34)10-14-4-6-15(7-5-14)27(36)37)33-13-22(38-2)19(12-23(33)35)18-11-16(28)8-9-17(18)25-31-32-26(39-25)24(29)30/h4-9,11-13,20,24H,3,10H2,1-2H3,(H,36,37). The lowest BCUT2D eigenvalue weighted by molar-refractivity contribution is -0.121. The molecule has 39 heavy (non-hydrogen) atoms. The van der Waals surface area contributed by atoms with Gasteiger partial charge >= 0.3 is 12.4 Å². The van der Waals surface area contributed by atoms with E-state index in [4.69, 9.17) is 25.9 Å². The highest BCUT2D eigenvalue weighted by molar-refractivity contribution is 6.31. The van der Waals surface area contributed by atoms with Crippen LogP contribution in [0.5, 0.6) is 5.75 Å². The first-order valence-electron chi connectivity index (χ1n) is 11.7. The van der Waals surface area contributed by atoms with E-state index in [0.717, 1.165) is 0 Å². The molecule has 4 rings (SSSR count). The van der Waals surface area contributed by atoms with Gasteiger partial charge in [-0.05, 0) is 47.9 Å². The molecule has 1 atom stereocenters. The van der Waals surface area contributed by atoms with Crippen LogP contribution in [0.1, 0.15) is 47.6 Å². The number of pyridine rings is 1. The molecule has 0 aliphatic heterocycles. The monoisotopic (exact) mass is 557 g/mol. The van der Waals surface area contributed by atoms with Crippen molar-refractivity contribution in [2.24, 2.45) is 0 Å². The van der Waals surface area contributed by atoms with E-state index < -0.39 is 29.9 Å². The number of ether oxygens (including phenoxy) is 1. The number of methoxy groups -OCH3 is 1. The Morgan fingerprint density at radius 1 is 1.08 bits per heavy atom. The summed E-state index contributed by atoms with van der Waals surface area (Å²) in [6.45, 7) is 1.76. The average Bonchev–Trinajstić information content (AvgIpc) is 3.40. The van der Waals surface area contributed by atoms with Crippen LogP contribution in [0, 0.1) is 0 Å². The number of carbonyl (C=O) groups excluding carboxylic acids is 1. The largest absolute Gasteiger partial charge is 0.495 e. The van der Waals surface area contributed by atoms with E-state index in [1.165, 1.54) is 54.3 Å². The van der Waals surface area contributed by atoms with E-state index >= 15 is 0 Å². The third-order valence-corrected chi connectivity index (χ3v) is 6.30. The summed E-state index contributed by atoms with van der Waals surface area (Å²) in [6.07, 6.45) is -1.27. The van der Waals surface area contributed by atoms with E-state index in [1.807, 2.05) is 0 Å². The van der Waals surface area contributed by atoms with E-state index in [0.29, 0.717) is 22.6 Å². The van der Waals surface area contributed by atoms with Crippen molar-refractivity contribution >= 4 is 23.4 Å². The number of halogens is 3. The summed E-state index contributed by atoms with van der Waals surface area (Å²) in [7, 11) is 1.38. The zero-order chi connectivity index (χ0) is 28.3. The van der Waals surface area contributed by atoms with Gasteiger partial charge in [-0.3, -0.25) is 9.59 Å². The molecule has 1 unspecified atom stereocenters. The second kappa shape index (κ2) is 11.6. The summed E-state index contributed by atoms with van der Waals surface area (Å²) >= 11 is 6.21. The molecule has 0 bridgehead atoms. The average molecular weight is 558 g/mol. The number of Topliss-reactive ketones (excluding diaryl/α,β-unsaturated/α-hetero) is 1. The van der Waals surface area contributed by atoms with E-state index in [2.05, 4.69) is 10.2 Å². The molecule has 2 heterocycles. The molecule has 0 spiro atoms. The lowest BCUT2D eigenvalue weighted by Gasteiger charge is -2.20. The van der Waals surface area contributed by atoms with Gasteiger partial charge in [-0.2, -0.15) is 8.78 Å². The molecule has 0 radical (unpaired) electrons. The van der Waals surface area contributed by atoms with Gasteiger partial charge in [-0.1, -0.05) is 30.7 Å². The molecule has 9 nitrogen and oxygen atoms in total. The van der Waals surface area contributed by atoms with Crippen molar-refractivity contribution in [1.29, 1.82) is 0 Å². The normalized spacial score (nSPS) is 11.9. The molecule has 202 valence electrons. The lowest BCUT2D eigenvalue weighted by Crippen LogP contribution is -2.30. The van der Waals surface area contributed by atoms with Gasteiger partial charge in [0.1, 0.15) is 5.75 Å². The Bertz CT molecular complexity index is 1580. The van der Waals surface area contributed by atoms with Crippen molar-refractivity contribution in [2.75, 3.05) is 7.11 Å². The van der Waals surface area contributed by atoms with Gasteiger partial charge in [0.15, 0.2) is 5.78 Å². The Kier molecular flexibility index (Phi) is 8.20. The second-order valence-electron chi connectivity index (χ2n) is 8.51. The third kappa shape index (κ3) is 5.88. The second-order valence-corrected chi connectivity index (χ2v) is 8.94. The van der Waals surface area contributed by atoms with Crippen molar-refractivity contribution < 1.29 is 32.6 Å². The van der Waals surface area contributed by atoms with E-state index in [-0.39, 0.29) is 40.5 Å². The van der Waals surface area contributed by atoms with Crippen LogP contribution in [0.2, 0.25) is 5.02 Å². The van der Waals surface area contributed by atoms with Crippen LogP contribution in [0.3, 0.4) is 0 Å². The van der Waals surface area contributed by atoms with Crippen molar-refractivity contribution in [3.05, 3.63) is 87.1 Å². The molecule has 0 saturated heterocycles. The highest BCUT2D eigenvalue weighted by Gasteiger charge is 2.25. The van der Waals surface area contributed by atoms with Crippen LogP contribution >= 0.6 is 11.6 Å². The number of ketones is 1. The first-order valence-corrected chi connectivity index (χ1v) is 12.1. The predicted octanol–water partition coefficient (Wildman–Crippen LogP) is 5.63. The van der Waals surface area contributed by atoms with Crippen LogP contribution in [0.4, 0.5) is 8.78 Å². The first kappa shape index (κ1) is 27.6. The number of carboxylic acid groups (broad SMARTS) is 1. The van der Waals surface area contributed by atoms with Gasteiger partial charge in [-0.15, -0.1) is 10.2 Å². The Balaban J connectivity index is 1.73. The lowest BCUT2D eigenvalue weighted by atomic mass is 9.98. The summed E-state index contributed by atoms with van der Waals surface area (Å²) < 4.78 is 38.0. The zero-order valence-corrected chi connectivity index (χ0v) is 21.5. The number of carboxylic acids is 1. The number of nitrogens with zero attached hydrogens (tertiary/aromatic N) is 3. The summed E-state index contributed by atoms with van der Waals surface area (Å²) in [5.41, 5.74) is 1.04. The Labute approximate surface area is 225 Å². The van der Waals surface area contributed by atoms with Crippen molar-refractivity contribution in [3.8, 4) is 28.3 Å². The molecule has 4 aromatic rings. The molecule has 0 saturated carbocycles. The summed E-state index contributed by atoms with van der Waals surface area (Å²) in [5, 5.41) is 16.4. The predicted molar refractivity (Wildman–Crippen MR) is 137 cm³/mol. The Hall–Kier alpha value is -4.38. The number of alkyl halides is 2. The molecule has 1 N–H and O–H groups in total. The molecule has 0 aliphatic rings. The molecule has 0 aliphatic carbocycles. The fourth-order valence-electron chi connectivity index (χ4n) is 4.17. The van der Waals surface area contributed by atoms with E-state index in [1.54, 1.807) is 19.1 Å². The number of aromatic nitrogens is 3. The third-order valence-electron chi connectivity index (χ3n) is 6.07. The number of carbonyl (C=O) groups is 2. The van der Waals surface area contributed by atoms with Crippen LogP contribution in [-0.4, -0.2) is 38.7 Å². The molecular weight excluding hydrogens is 536 g/mol. The Morgan fingerprint density at radius 2 is 1.79 bits per heavy atom. The Morgan fingerprint density at radius 3 is 2.38 bits per heavy atom. The van der Waals surface area contributed by atoms with Gasteiger partial charge in [0, 0.05) is 28.6 Å². The highest BCUT2D eigenvalue weighted by atomic mass is 35.5. The topological polar surface area (TPSA) is 125 Å². The quantitative estimate of drug-likeness (QED) is 0.266. The summed E-state index contributed by atoms with van der Waals surface area (Å²) in [6, 6.07) is 10.9. The highest BCUT2D eigenvalue weighted by Crippen LogP contribution is 2.38. The maximum Gasteiger partial charge on any atom is 0.335 e. The SMILES string of the molecule is CCC(C(=O)Cc1ccc(C(=O)O)cc1)n1cc(OC)c(-c2cc(Cl)ccc2-c2nnc(C(F)F)o2)cc1=O. The van der Waals surface area contributed by atoms with Crippen LogP contribution in [0.25, 0.3) is 22.6 Å². The van der Waals surface area contributed by atoms with Gasteiger partial charge in [0.05, 0.1) is 24.9 Å². The van der Waals surface area contributed by atoms with Gasteiger partial charge < -0.3 is 18.8 Å². The minimum absolute atomic E-state index is 0.0169. The van der Waals surface area contributed by atoms with Crippen LogP contribution < -0.4 is 10.3 Å². The summed E-state index contributed by atoms with van der Waals surface area (Å²) in [5.74, 6) is -2.17. The number of hydrogen-bond acceptors (Lipinski definition) is 7. The van der Waals surface area contributed by atoms with Gasteiger partial charge in [0.25, 0.3) is 11.4 Å². The first-order chi connectivity index (χ1) is 18.6. The smallest absolute Gasteiger partial charge is 0.335 e. The van der Waals surface area contributed by atoms with E-state index in [9.17, 15) is 23.2 Å². The molecule has 0 amide bonds. The van der Waals surface area contributed by atoms with Gasteiger partial charge in [0.2, 0.25) is 5.89 Å². The fourth-order valence-corrected chi connectivity index (χ4v) is 4.34. The molecule has 2 aromatic carbocycles. The maximum absolute atomic E-state index is 13.3.